The number of nitrogens with zero attached hydrogens (tertiary/aromatic N) is 3. The Morgan fingerprint density at radius 2 is 1.70 bits per heavy atom. The van der Waals surface area contributed by atoms with Crippen LogP contribution in [0.25, 0.3) is 16.7 Å². The first kappa shape index (κ1) is 13.5. The van der Waals surface area contributed by atoms with E-state index >= 15 is 0 Å². The Kier molecular flexibility index (Phi) is 3.08. The summed E-state index contributed by atoms with van der Waals surface area (Å²) in [5, 5.41) is 6.97. The Hall–Kier alpha value is -3.15. The summed E-state index contributed by atoms with van der Waals surface area (Å²) in [4.78, 5) is 24.8. The zero-order valence-electron chi connectivity index (χ0n) is 12.3. The van der Waals surface area contributed by atoms with Gasteiger partial charge in [-0.3, -0.25) is 9.36 Å². The largest absolute Gasteiger partial charge is 0.349 e. The maximum atomic E-state index is 12.8. The van der Waals surface area contributed by atoms with Crippen LogP contribution in [0.1, 0.15) is 5.56 Å². The molecule has 6 heteroatoms. The van der Waals surface area contributed by atoms with E-state index in [4.69, 9.17) is 0 Å². The van der Waals surface area contributed by atoms with Crippen LogP contribution in [-0.4, -0.2) is 19.2 Å². The number of para-hydroxylation sites is 1. The van der Waals surface area contributed by atoms with Gasteiger partial charge in [-0.25, -0.2) is 14.3 Å². The van der Waals surface area contributed by atoms with E-state index in [2.05, 4.69) is 10.2 Å². The Bertz CT molecular complexity index is 1110. The SMILES string of the molecule is O=c1c2ccccc2n2c(=O)[nH]nc2n1CCc1ccccc1. The summed E-state index contributed by atoms with van der Waals surface area (Å²) in [7, 11) is 0. The normalized spacial score (nSPS) is 11.3. The summed E-state index contributed by atoms with van der Waals surface area (Å²) in [5.74, 6) is 0.342. The second kappa shape index (κ2) is 5.24. The Balaban J connectivity index is 1.93. The minimum Gasteiger partial charge on any atom is -0.276 e. The molecule has 0 saturated heterocycles. The third kappa shape index (κ3) is 2.15. The highest BCUT2D eigenvalue weighted by atomic mass is 16.2. The van der Waals surface area contributed by atoms with Crippen molar-refractivity contribution in [1.29, 1.82) is 0 Å². The van der Waals surface area contributed by atoms with E-state index < -0.39 is 0 Å². The van der Waals surface area contributed by atoms with Crippen molar-refractivity contribution in [2.75, 3.05) is 0 Å². The van der Waals surface area contributed by atoms with Crippen LogP contribution in [0, 0.1) is 0 Å². The van der Waals surface area contributed by atoms with Crippen LogP contribution in [0.3, 0.4) is 0 Å². The van der Waals surface area contributed by atoms with Crippen LogP contribution < -0.4 is 11.2 Å². The van der Waals surface area contributed by atoms with Crippen molar-refractivity contribution in [2.24, 2.45) is 0 Å². The zero-order valence-corrected chi connectivity index (χ0v) is 12.3. The van der Waals surface area contributed by atoms with Crippen molar-refractivity contribution in [1.82, 2.24) is 19.2 Å². The number of nitrogens with one attached hydrogen (secondary N) is 1. The van der Waals surface area contributed by atoms with E-state index in [0.717, 1.165) is 5.56 Å². The number of fused-ring (bicyclic) bond motifs is 3. The molecule has 0 bridgehead atoms. The van der Waals surface area contributed by atoms with Gasteiger partial charge in [0.2, 0.25) is 5.78 Å². The summed E-state index contributed by atoms with van der Waals surface area (Å²) in [6.07, 6.45) is 0.690. The molecule has 1 N–H and O–H groups in total. The third-order valence-corrected chi connectivity index (χ3v) is 3.98. The average Bonchev–Trinajstić information content (AvgIpc) is 2.97. The van der Waals surface area contributed by atoms with Gasteiger partial charge in [-0.15, -0.1) is 5.10 Å². The predicted octanol–water partition coefficient (Wildman–Crippen LogP) is 1.58. The lowest BCUT2D eigenvalue weighted by Gasteiger charge is -2.09. The van der Waals surface area contributed by atoms with Gasteiger partial charge >= 0.3 is 5.69 Å². The van der Waals surface area contributed by atoms with Gasteiger partial charge in [0.05, 0.1) is 10.9 Å². The van der Waals surface area contributed by atoms with Crippen LogP contribution >= 0.6 is 0 Å². The van der Waals surface area contributed by atoms with Crippen LogP contribution in [0.2, 0.25) is 0 Å². The molecule has 0 fully saturated rings. The fraction of sp³-hybridized carbons (Fsp3) is 0.118. The maximum Gasteiger partial charge on any atom is 0.349 e. The number of aromatic nitrogens is 4. The number of benzene rings is 2. The van der Waals surface area contributed by atoms with Crippen LogP contribution in [0.15, 0.2) is 64.2 Å². The summed E-state index contributed by atoms with van der Waals surface area (Å²) < 4.78 is 2.99. The average molecular weight is 306 g/mol. The van der Waals surface area contributed by atoms with E-state index in [1.54, 1.807) is 28.8 Å². The fourth-order valence-electron chi connectivity index (χ4n) is 2.86. The molecule has 6 nitrogen and oxygen atoms in total. The molecule has 0 aliphatic rings. The van der Waals surface area contributed by atoms with Crippen molar-refractivity contribution in [3.63, 3.8) is 0 Å². The first-order valence-corrected chi connectivity index (χ1v) is 7.38. The quantitative estimate of drug-likeness (QED) is 0.624. The number of rotatable bonds is 3. The van der Waals surface area contributed by atoms with E-state index in [-0.39, 0.29) is 11.2 Å². The molecule has 0 unspecified atom stereocenters. The molecule has 0 atom stereocenters. The van der Waals surface area contributed by atoms with Gasteiger partial charge in [0, 0.05) is 6.54 Å². The highest BCUT2D eigenvalue weighted by molar-refractivity contribution is 5.79. The fourth-order valence-corrected chi connectivity index (χ4v) is 2.86. The highest BCUT2D eigenvalue weighted by Gasteiger charge is 2.13. The molecular weight excluding hydrogens is 292 g/mol. The molecule has 114 valence electrons. The number of hydrogen-bond donors (Lipinski definition) is 1. The summed E-state index contributed by atoms with van der Waals surface area (Å²) in [6, 6.07) is 17.0. The molecule has 4 aromatic rings. The van der Waals surface area contributed by atoms with Crippen molar-refractivity contribution < 1.29 is 0 Å². The molecule has 0 radical (unpaired) electrons. The zero-order chi connectivity index (χ0) is 15.8. The lowest BCUT2D eigenvalue weighted by Crippen LogP contribution is -2.26. The smallest absolute Gasteiger partial charge is 0.276 e. The summed E-state index contributed by atoms with van der Waals surface area (Å²) in [5.41, 5.74) is 1.22. The summed E-state index contributed by atoms with van der Waals surface area (Å²) >= 11 is 0. The van der Waals surface area contributed by atoms with Crippen LogP contribution in [0.4, 0.5) is 0 Å². The topological polar surface area (TPSA) is 72.2 Å². The van der Waals surface area contributed by atoms with Gasteiger partial charge in [0.1, 0.15) is 0 Å². The summed E-state index contributed by atoms with van der Waals surface area (Å²) in [6.45, 7) is 0.460. The molecule has 0 aliphatic heterocycles. The number of hydrogen-bond acceptors (Lipinski definition) is 3. The first-order chi connectivity index (χ1) is 11.3. The molecule has 2 aromatic carbocycles. The molecule has 0 aliphatic carbocycles. The predicted molar refractivity (Wildman–Crippen MR) is 87.7 cm³/mol. The van der Waals surface area contributed by atoms with E-state index in [0.29, 0.717) is 29.6 Å². The number of aryl methyl sites for hydroxylation is 2. The van der Waals surface area contributed by atoms with Crippen molar-refractivity contribution in [2.45, 2.75) is 13.0 Å². The van der Waals surface area contributed by atoms with Crippen molar-refractivity contribution >= 4 is 16.7 Å². The van der Waals surface area contributed by atoms with Gasteiger partial charge in [-0.05, 0) is 24.1 Å². The van der Waals surface area contributed by atoms with Gasteiger partial charge in [-0.2, -0.15) is 0 Å². The monoisotopic (exact) mass is 306 g/mol. The molecule has 0 amide bonds. The van der Waals surface area contributed by atoms with E-state index in [1.165, 1.54) is 4.40 Å². The lowest BCUT2D eigenvalue weighted by molar-refractivity contribution is 0.678. The molecule has 0 saturated carbocycles. The Morgan fingerprint density at radius 1 is 0.957 bits per heavy atom. The Morgan fingerprint density at radius 3 is 2.52 bits per heavy atom. The molecule has 23 heavy (non-hydrogen) atoms. The van der Waals surface area contributed by atoms with Crippen LogP contribution in [-0.2, 0) is 13.0 Å². The number of aromatic amines is 1. The molecule has 2 aromatic heterocycles. The second-order valence-corrected chi connectivity index (χ2v) is 5.37. The minimum atomic E-state index is -0.343. The maximum absolute atomic E-state index is 12.8. The Labute approximate surface area is 130 Å². The molecule has 0 spiro atoms. The van der Waals surface area contributed by atoms with E-state index in [1.807, 2.05) is 30.3 Å². The van der Waals surface area contributed by atoms with Gasteiger partial charge < -0.3 is 0 Å². The molecular formula is C17H14N4O2. The molecule has 2 heterocycles. The van der Waals surface area contributed by atoms with Crippen molar-refractivity contribution in [3.05, 3.63) is 81.0 Å². The highest BCUT2D eigenvalue weighted by Crippen LogP contribution is 2.11. The minimum absolute atomic E-state index is 0.136. The van der Waals surface area contributed by atoms with Gasteiger partial charge in [0.25, 0.3) is 5.56 Å². The van der Waals surface area contributed by atoms with Gasteiger partial charge in [-0.1, -0.05) is 42.5 Å². The molecule has 4 rings (SSSR count). The lowest BCUT2D eigenvalue weighted by atomic mass is 10.1. The van der Waals surface area contributed by atoms with Gasteiger partial charge in [0.15, 0.2) is 0 Å². The van der Waals surface area contributed by atoms with Crippen LogP contribution in [0.5, 0.6) is 0 Å². The standard InChI is InChI=1S/C17H14N4O2/c22-15-13-8-4-5-9-14(13)21-16(18-19-17(21)23)20(15)11-10-12-6-2-1-3-7-12/h1-9H,10-11H2,(H,19,23). The third-order valence-electron chi connectivity index (χ3n) is 3.98. The first-order valence-electron chi connectivity index (χ1n) is 7.38. The van der Waals surface area contributed by atoms with Crippen molar-refractivity contribution in [3.8, 4) is 0 Å². The second-order valence-electron chi connectivity index (χ2n) is 5.37. The van der Waals surface area contributed by atoms with E-state index in [9.17, 15) is 9.59 Å². The number of H-pyrrole nitrogens is 1.